The normalized spacial score (nSPS) is 11.0. The molecule has 2 aromatic rings. The molecule has 2 N–H and O–H groups in total. The lowest BCUT2D eigenvalue weighted by atomic mass is 10.0. The Morgan fingerprint density at radius 2 is 1.83 bits per heavy atom. The molecule has 0 heterocycles. The summed E-state index contributed by atoms with van der Waals surface area (Å²) in [4.78, 5) is 11.8. The third-order valence-electron chi connectivity index (χ3n) is 3.59. The zero-order chi connectivity index (χ0) is 16.7. The molecule has 0 aliphatic rings. The van der Waals surface area contributed by atoms with Gasteiger partial charge in [-0.25, -0.2) is 5.43 Å². The molecule has 2 rings (SSSR count). The monoisotopic (exact) mass is 309 g/mol. The molecule has 4 nitrogen and oxygen atoms in total. The maximum absolute atomic E-state index is 11.8. The van der Waals surface area contributed by atoms with Gasteiger partial charge >= 0.3 is 0 Å². The topological polar surface area (TPSA) is 53.5 Å². The predicted molar refractivity (Wildman–Crippen MR) is 95.9 cm³/mol. The number of benzene rings is 2. The van der Waals surface area contributed by atoms with Crippen molar-refractivity contribution in [3.05, 3.63) is 65.2 Å². The smallest absolute Gasteiger partial charge is 0.259 e. The number of carbonyl (C=O) groups excluding carboxylic acids is 1. The SMILES string of the molecule is Cc1ccccc1NCC(=O)N/N=C/c1ccc(C(C)C)cc1. The number of nitrogens with zero attached hydrogens (tertiary/aromatic N) is 1. The van der Waals surface area contributed by atoms with E-state index < -0.39 is 0 Å². The van der Waals surface area contributed by atoms with Gasteiger partial charge in [0.2, 0.25) is 0 Å². The Balaban J connectivity index is 1.80. The van der Waals surface area contributed by atoms with Gasteiger partial charge in [-0.2, -0.15) is 5.10 Å². The molecule has 120 valence electrons. The third kappa shape index (κ3) is 5.25. The van der Waals surface area contributed by atoms with Crippen LogP contribution in [-0.4, -0.2) is 18.7 Å². The molecule has 0 saturated heterocycles. The van der Waals surface area contributed by atoms with Crippen LogP contribution < -0.4 is 10.7 Å². The van der Waals surface area contributed by atoms with E-state index in [2.05, 4.69) is 41.8 Å². The maximum Gasteiger partial charge on any atom is 0.259 e. The fourth-order valence-corrected chi connectivity index (χ4v) is 2.13. The first-order valence-corrected chi connectivity index (χ1v) is 7.77. The number of para-hydroxylation sites is 1. The second kappa shape index (κ2) is 8.13. The van der Waals surface area contributed by atoms with Crippen LogP contribution >= 0.6 is 0 Å². The molecule has 0 bridgehead atoms. The highest BCUT2D eigenvalue weighted by molar-refractivity contribution is 5.84. The summed E-state index contributed by atoms with van der Waals surface area (Å²) in [6.07, 6.45) is 1.65. The zero-order valence-corrected chi connectivity index (χ0v) is 13.8. The van der Waals surface area contributed by atoms with Gasteiger partial charge in [-0.1, -0.05) is 56.3 Å². The highest BCUT2D eigenvalue weighted by atomic mass is 16.2. The number of carbonyl (C=O) groups is 1. The molecular formula is C19H23N3O. The van der Waals surface area contributed by atoms with Crippen LogP contribution in [-0.2, 0) is 4.79 Å². The molecule has 0 aromatic heterocycles. The molecule has 0 saturated carbocycles. The van der Waals surface area contributed by atoms with Crippen LogP contribution in [0.25, 0.3) is 0 Å². The Morgan fingerprint density at radius 3 is 2.48 bits per heavy atom. The van der Waals surface area contributed by atoms with Crippen molar-refractivity contribution in [1.29, 1.82) is 0 Å². The van der Waals surface area contributed by atoms with Crippen molar-refractivity contribution in [2.45, 2.75) is 26.7 Å². The summed E-state index contributed by atoms with van der Waals surface area (Å²) in [6.45, 7) is 6.50. The Kier molecular flexibility index (Phi) is 5.92. The molecule has 2 aromatic carbocycles. The van der Waals surface area contributed by atoms with E-state index in [4.69, 9.17) is 0 Å². The van der Waals surface area contributed by atoms with Gasteiger partial charge in [0, 0.05) is 5.69 Å². The number of nitrogens with one attached hydrogen (secondary N) is 2. The Morgan fingerprint density at radius 1 is 1.13 bits per heavy atom. The quantitative estimate of drug-likeness (QED) is 0.632. The van der Waals surface area contributed by atoms with Crippen LogP contribution in [0, 0.1) is 6.92 Å². The predicted octanol–water partition coefficient (Wildman–Crippen LogP) is 3.68. The summed E-state index contributed by atoms with van der Waals surface area (Å²) < 4.78 is 0. The van der Waals surface area contributed by atoms with E-state index in [9.17, 15) is 4.79 Å². The van der Waals surface area contributed by atoms with E-state index in [1.807, 2.05) is 43.3 Å². The van der Waals surface area contributed by atoms with Crippen LogP contribution in [0.15, 0.2) is 53.6 Å². The fraction of sp³-hybridized carbons (Fsp3) is 0.263. The summed E-state index contributed by atoms with van der Waals surface area (Å²) in [5, 5.41) is 7.08. The first kappa shape index (κ1) is 16.7. The highest BCUT2D eigenvalue weighted by Gasteiger charge is 2.01. The second-order valence-corrected chi connectivity index (χ2v) is 5.78. The number of hydrazone groups is 1. The highest BCUT2D eigenvalue weighted by Crippen LogP contribution is 2.14. The zero-order valence-electron chi connectivity index (χ0n) is 13.8. The van der Waals surface area contributed by atoms with E-state index in [1.165, 1.54) is 5.56 Å². The van der Waals surface area contributed by atoms with Crippen LogP contribution in [0.5, 0.6) is 0 Å². The molecule has 4 heteroatoms. The lowest BCUT2D eigenvalue weighted by Crippen LogP contribution is -2.26. The van der Waals surface area contributed by atoms with E-state index in [-0.39, 0.29) is 12.5 Å². The van der Waals surface area contributed by atoms with Gasteiger partial charge in [0.1, 0.15) is 0 Å². The molecule has 0 fully saturated rings. The number of hydrogen-bond acceptors (Lipinski definition) is 3. The average molecular weight is 309 g/mol. The van der Waals surface area contributed by atoms with Gasteiger partial charge < -0.3 is 5.32 Å². The van der Waals surface area contributed by atoms with Gasteiger partial charge in [-0.3, -0.25) is 4.79 Å². The molecule has 0 atom stereocenters. The van der Waals surface area contributed by atoms with Crippen molar-refractivity contribution >= 4 is 17.8 Å². The Hall–Kier alpha value is -2.62. The van der Waals surface area contributed by atoms with Crippen molar-refractivity contribution in [3.63, 3.8) is 0 Å². The summed E-state index contributed by atoms with van der Waals surface area (Å²) in [6, 6.07) is 16.0. The largest absolute Gasteiger partial charge is 0.376 e. The minimum atomic E-state index is -0.177. The number of aryl methyl sites for hydroxylation is 1. The Labute approximate surface area is 137 Å². The van der Waals surface area contributed by atoms with E-state index >= 15 is 0 Å². The van der Waals surface area contributed by atoms with Crippen molar-refractivity contribution in [2.75, 3.05) is 11.9 Å². The van der Waals surface area contributed by atoms with Crippen molar-refractivity contribution in [2.24, 2.45) is 5.10 Å². The van der Waals surface area contributed by atoms with Crippen LogP contribution in [0.3, 0.4) is 0 Å². The first-order valence-electron chi connectivity index (χ1n) is 7.77. The molecule has 0 aliphatic heterocycles. The lowest BCUT2D eigenvalue weighted by Gasteiger charge is -2.07. The maximum atomic E-state index is 11.8. The van der Waals surface area contributed by atoms with Gasteiger partial charge in [0.05, 0.1) is 12.8 Å². The van der Waals surface area contributed by atoms with Crippen molar-refractivity contribution in [3.8, 4) is 0 Å². The first-order chi connectivity index (χ1) is 11.1. The average Bonchev–Trinajstić information content (AvgIpc) is 2.54. The van der Waals surface area contributed by atoms with E-state index in [1.54, 1.807) is 6.21 Å². The number of hydrogen-bond donors (Lipinski definition) is 2. The number of anilines is 1. The number of rotatable bonds is 6. The van der Waals surface area contributed by atoms with Crippen molar-refractivity contribution in [1.82, 2.24) is 5.43 Å². The Bertz CT molecular complexity index is 675. The molecule has 1 amide bonds. The third-order valence-corrected chi connectivity index (χ3v) is 3.59. The summed E-state index contributed by atoms with van der Waals surface area (Å²) in [5.41, 5.74) is 6.83. The molecule has 23 heavy (non-hydrogen) atoms. The lowest BCUT2D eigenvalue weighted by molar-refractivity contribution is -0.119. The second-order valence-electron chi connectivity index (χ2n) is 5.78. The fourth-order valence-electron chi connectivity index (χ4n) is 2.13. The molecule has 0 aliphatic carbocycles. The van der Waals surface area contributed by atoms with Gasteiger partial charge in [0.15, 0.2) is 0 Å². The number of amides is 1. The molecular weight excluding hydrogens is 286 g/mol. The summed E-state index contributed by atoms with van der Waals surface area (Å²) in [7, 11) is 0. The molecule has 0 spiro atoms. The minimum absolute atomic E-state index is 0.177. The summed E-state index contributed by atoms with van der Waals surface area (Å²) in [5.74, 6) is 0.330. The molecule has 0 radical (unpaired) electrons. The van der Waals surface area contributed by atoms with Gasteiger partial charge in [0.25, 0.3) is 5.91 Å². The van der Waals surface area contributed by atoms with Gasteiger partial charge in [-0.05, 0) is 35.6 Å². The minimum Gasteiger partial charge on any atom is -0.376 e. The van der Waals surface area contributed by atoms with Crippen molar-refractivity contribution < 1.29 is 4.79 Å². The summed E-state index contributed by atoms with van der Waals surface area (Å²) >= 11 is 0. The van der Waals surface area contributed by atoms with Crippen LogP contribution in [0.1, 0.15) is 36.5 Å². The molecule has 0 unspecified atom stereocenters. The van der Waals surface area contributed by atoms with E-state index in [0.717, 1.165) is 16.8 Å². The standard InChI is InChI=1S/C19H23N3O/c1-14(2)17-10-8-16(9-11-17)12-21-22-19(23)13-20-18-7-5-4-6-15(18)3/h4-12,14,20H,13H2,1-3H3,(H,22,23)/b21-12+. The van der Waals surface area contributed by atoms with E-state index in [0.29, 0.717) is 5.92 Å². The van der Waals surface area contributed by atoms with Gasteiger partial charge in [-0.15, -0.1) is 0 Å². The van der Waals surface area contributed by atoms with Crippen LogP contribution in [0.4, 0.5) is 5.69 Å². The van der Waals surface area contributed by atoms with Crippen LogP contribution in [0.2, 0.25) is 0 Å².